The Labute approximate surface area is 126 Å². The van der Waals surface area contributed by atoms with Gasteiger partial charge in [-0.1, -0.05) is 54.1 Å². The van der Waals surface area contributed by atoms with E-state index in [9.17, 15) is 4.79 Å². The first-order valence-electron chi connectivity index (χ1n) is 7.16. The van der Waals surface area contributed by atoms with Crippen LogP contribution in [0.2, 0.25) is 0 Å². The van der Waals surface area contributed by atoms with E-state index in [0.29, 0.717) is 19.5 Å². The zero-order valence-electron chi connectivity index (χ0n) is 12.7. The maximum atomic E-state index is 12.4. The van der Waals surface area contributed by atoms with Crippen molar-refractivity contribution >= 4 is 5.91 Å². The first-order chi connectivity index (χ1) is 10.1. The van der Waals surface area contributed by atoms with Crippen molar-refractivity contribution in [3.05, 3.63) is 70.8 Å². The van der Waals surface area contributed by atoms with E-state index in [1.54, 1.807) is 4.90 Å². The van der Waals surface area contributed by atoms with Gasteiger partial charge in [0.1, 0.15) is 0 Å². The lowest BCUT2D eigenvalue weighted by atomic mass is 10.0. The molecule has 0 spiro atoms. The fraction of sp³-hybridized carbons (Fsp3) is 0.278. The zero-order chi connectivity index (χ0) is 15.2. The largest absolute Gasteiger partial charge is 0.341 e. The van der Waals surface area contributed by atoms with Crippen LogP contribution in [0.5, 0.6) is 0 Å². The van der Waals surface area contributed by atoms with Crippen molar-refractivity contribution in [2.45, 2.75) is 26.4 Å². The van der Waals surface area contributed by atoms with Gasteiger partial charge in [-0.15, -0.1) is 0 Å². The number of hydrogen-bond acceptors (Lipinski definition) is 2. The average molecular weight is 282 g/mol. The fourth-order valence-electron chi connectivity index (χ4n) is 2.40. The van der Waals surface area contributed by atoms with Crippen LogP contribution in [0.15, 0.2) is 48.5 Å². The summed E-state index contributed by atoms with van der Waals surface area (Å²) in [6.45, 7) is 3.15. The lowest BCUT2D eigenvalue weighted by Gasteiger charge is -2.18. The van der Waals surface area contributed by atoms with Crippen molar-refractivity contribution in [1.82, 2.24) is 4.90 Å². The first kappa shape index (κ1) is 15.3. The van der Waals surface area contributed by atoms with Crippen LogP contribution in [-0.4, -0.2) is 17.9 Å². The van der Waals surface area contributed by atoms with Gasteiger partial charge in [-0.2, -0.15) is 0 Å². The number of carbonyl (C=O) groups excluding carboxylic acids is 1. The predicted octanol–water partition coefficient (Wildman–Crippen LogP) is 2.65. The quantitative estimate of drug-likeness (QED) is 0.916. The highest BCUT2D eigenvalue weighted by Gasteiger charge is 2.12. The lowest BCUT2D eigenvalue weighted by molar-refractivity contribution is -0.129. The summed E-state index contributed by atoms with van der Waals surface area (Å²) < 4.78 is 0. The van der Waals surface area contributed by atoms with Crippen molar-refractivity contribution in [3.63, 3.8) is 0 Å². The number of nitrogens with zero attached hydrogens (tertiary/aromatic N) is 1. The number of hydrogen-bond donors (Lipinski definition) is 1. The van der Waals surface area contributed by atoms with Crippen molar-refractivity contribution < 1.29 is 4.79 Å². The Bertz CT molecular complexity index is 622. The molecule has 3 heteroatoms. The highest BCUT2D eigenvalue weighted by atomic mass is 16.2. The zero-order valence-corrected chi connectivity index (χ0v) is 12.7. The smallest absolute Gasteiger partial charge is 0.227 e. The number of benzene rings is 2. The molecular weight excluding hydrogens is 260 g/mol. The Kier molecular flexibility index (Phi) is 5.12. The predicted molar refractivity (Wildman–Crippen MR) is 85.7 cm³/mol. The molecule has 0 heterocycles. The molecule has 21 heavy (non-hydrogen) atoms. The summed E-state index contributed by atoms with van der Waals surface area (Å²) in [6, 6.07) is 16.1. The summed E-state index contributed by atoms with van der Waals surface area (Å²) >= 11 is 0. The topological polar surface area (TPSA) is 46.3 Å². The third-order valence-electron chi connectivity index (χ3n) is 3.61. The Morgan fingerprint density at radius 1 is 1.10 bits per heavy atom. The van der Waals surface area contributed by atoms with Gasteiger partial charge in [0.2, 0.25) is 5.91 Å². The van der Waals surface area contributed by atoms with Gasteiger partial charge < -0.3 is 10.6 Å². The van der Waals surface area contributed by atoms with Crippen LogP contribution in [0.4, 0.5) is 0 Å². The monoisotopic (exact) mass is 282 g/mol. The van der Waals surface area contributed by atoms with Crippen molar-refractivity contribution in [2.24, 2.45) is 5.73 Å². The molecule has 2 rings (SSSR count). The molecule has 0 fully saturated rings. The molecule has 0 aliphatic heterocycles. The van der Waals surface area contributed by atoms with Gasteiger partial charge >= 0.3 is 0 Å². The molecule has 2 N–H and O–H groups in total. The second-order valence-corrected chi connectivity index (χ2v) is 5.39. The summed E-state index contributed by atoms with van der Waals surface area (Å²) in [5.41, 5.74) is 10.1. The number of likely N-dealkylation sites (N-methyl/N-ethyl adjacent to an activating group) is 1. The van der Waals surface area contributed by atoms with Crippen LogP contribution < -0.4 is 5.73 Å². The number of amides is 1. The van der Waals surface area contributed by atoms with Crippen LogP contribution in [0.25, 0.3) is 0 Å². The minimum atomic E-state index is 0.109. The molecule has 0 unspecified atom stereocenters. The Morgan fingerprint density at radius 3 is 2.48 bits per heavy atom. The molecule has 2 aromatic rings. The van der Waals surface area contributed by atoms with E-state index in [1.165, 1.54) is 5.56 Å². The van der Waals surface area contributed by atoms with Crippen LogP contribution in [0.1, 0.15) is 22.3 Å². The van der Waals surface area contributed by atoms with Gasteiger partial charge in [0.05, 0.1) is 6.42 Å². The van der Waals surface area contributed by atoms with Crippen molar-refractivity contribution in [1.29, 1.82) is 0 Å². The second kappa shape index (κ2) is 7.04. The molecule has 0 aliphatic rings. The van der Waals surface area contributed by atoms with Crippen molar-refractivity contribution in [3.8, 4) is 0 Å². The summed E-state index contributed by atoms with van der Waals surface area (Å²) in [4.78, 5) is 14.1. The highest BCUT2D eigenvalue weighted by Crippen LogP contribution is 2.12. The van der Waals surface area contributed by atoms with Gasteiger partial charge in [-0.25, -0.2) is 0 Å². The van der Waals surface area contributed by atoms with E-state index in [-0.39, 0.29) is 5.91 Å². The second-order valence-electron chi connectivity index (χ2n) is 5.39. The molecule has 0 saturated carbocycles. The van der Waals surface area contributed by atoms with E-state index in [0.717, 1.165) is 16.7 Å². The normalized spacial score (nSPS) is 10.4. The molecule has 0 atom stereocenters. The summed E-state index contributed by atoms with van der Waals surface area (Å²) in [5, 5.41) is 0. The Hall–Kier alpha value is -2.13. The van der Waals surface area contributed by atoms with Gasteiger partial charge in [0.15, 0.2) is 0 Å². The Morgan fingerprint density at radius 2 is 1.81 bits per heavy atom. The van der Waals surface area contributed by atoms with Crippen molar-refractivity contribution in [2.75, 3.05) is 7.05 Å². The molecule has 0 radical (unpaired) electrons. The van der Waals surface area contributed by atoms with E-state index < -0.39 is 0 Å². The van der Waals surface area contributed by atoms with E-state index in [1.807, 2.05) is 43.4 Å². The van der Waals surface area contributed by atoms with Crippen LogP contribution >= 0.6 is 0 Å². The van der Waals surface area contributed by atoms with Crippen LogP contribution in [0, 0.1) is 6.92 Å². The van der Waals surface area contributed by atoms with E-state index >= 15 is 0 Å². The SMILES string of the molecule is Cc1cccc(CN(C)C(=O)Cc2ccccc2CN)c1. The van der Waals surface area contributed by atoms with Gasteiger partial charge in [0, 0.05) is 20.1 Å². The molecule has 0 saturated heterocycles. The minimum Gasteiger partial charge on any atom is -0.341 e. The maximum Gasteiger partial charge on any atom is 0.227 e. The van der Waals surface area contributed by atoms with Crippen LogP contribution in [0.3, 0.4) is 0 Å². The summed E-state index contributed by atoms with van der Waals surface area (Å²) in [7, 11) is 1.84. The minimum absolute atomic E-state index is 0.109. The molecule has 3 nitrogen and oxygen atoms in total. The lowest BCUT2D eigenvalue weighted by Crippen LogP contribution is -2.28. The summed E-state index contributed by atoms with van der Waals surface area (Å²) in [6.07, 6.45) is 0.399. The molecule has 0 aromatic heterocycles. The van der Waals surface area contributed by atoms with Gasteiger partial charge in [0.25, 0.3) is 0 Å². The number of nitrogens with two attached hydrogens (primary N) is 1. The molecule has 110 valence electrons. The highest BCUT2D eigenvalue weighted by molar-refractivity contribution is 5.78. The van der Waals surface area contributed by atoms with E-state index in [2.05, 4.69) is 19.1 Å². The molecular formula is C18H22N2O. The number of aryl methyl sites for hydroxylation is 1. The number of carbonyl (C=O) groups is 1. The van der Waals surface area contributed by atoms with E-state index in [4.69, 9.17) is 5.73 Å². The molecule has 2 aromatic carbocycles. The summed E-state index contributed by atoms with van der Waals surface area (Å²) in [5.74, 6) is 0.109. The third kappa shape index (κ3) is 4.17. The molecule has 0 bridgehead atoms. The third-order valence-corrected chi connectivity index (χ3v) is 3.61. The number of rotatable bonds is 5. The average Bonchev–Trinajstić information content (AvgIpc) is 2.47. The first-order valence-corrected chi connectivity index (χ1v) is 7.16. The molecule has 0 aliphatic carbocycles. The van der Waals surface area contributed by atoms with Crippen LogP contribution in [-0.2, 0) is 24.3 Å². The molecule has 1 amide bonds. The Balaban J connectivity index is 2.02. The van der Waals surface area contributed by atoms with Gasteiger partial charge in [-0.3, -0.25) is 4.79 Å². The fourth-order valence-corrected chi connectivity index (χ4v) is 2.40. The van der Waals surface area contributed by atoms with Gasteiger partial charge in [-0.05, 0) is 23.6 Å². The standard InChI is InChI=1S/C18H22N2O/c1-14-6-5-7-15(10-14)13-20(2)18(21)11-16-8-3-4-9-17(16)12-19/h3-10H,11-13,19H2,1-2H3. The maximum absolute atomic E-state index is 12.4.